The Morgan fingerprint density at radius 1 is 1.64 bits per heavy atom. The third-order valence-corrected chi connectivity index (χ3v) is 1.57. The maximum absolute atomic E-state index is 12.4. The summed E-state index contributed by atoms with van der Waals surface area (Å²) in [6.45, 7) is 1.97. The zero-order valence-electron chi connectivity index (χ0n) is 6.42. The number of halogens is 1. The topological polar surface area (TPSA) is 38.9 Å². The molecule has 1 atom stereocenters. The first-order chi connectivity index (χ1) is 5.24. The van der Waals surface area contributed by atoms with Crippen LogP contribution in [0.1, 0.15) is 25.1 Å². The molecule has 0 aromatic carbocycles. The third-order valence-electron chi connectivity index (χ3n) is 1.57. The summed E-state index contributed by atoms with van der Waals surface area (Å²) in [4.78, 5) is 3.85. The summed E-state index contributed by atoms with van der Waals surface area (Å²) in [5.74, 6) is -0.322. The van der Waals surface area contributed by atoms with E-state index < -0.39 is 0 Å². The highest BCUT2D eigenvalue weighted by molar-refractivity contribution is 5.08. The first kappa shape index (κ1) is 8.14. The van der Waals surface area contributed by atoms with Crippen molar-refractivity contribution in [3.05, 3.63) is 29.8 Å². The predicted molar refractivity (Wildman–Crippen MR) is 41.4 cm³/mol. The molecule has 0 unspecified atom stereocenters. The summed E-state index contributed by atoms with van der Waals surface area (Å²) in [5, 5.41) is 0. The number of pyridine rings is 1. The van der Waals surface area contributed by atoms with Crippen molar-refractivity contribution in [1.29, 1.82) is 0 Å². The van der Waals surface area contributed by atoms with Gasteiger partial charge in [0.2, 0.25) is 0 Å². The molecule has 0 aliphatic carbocycles. The number of hydrogen-bond donors (Lipinski definition) is 1. The lowest BCUT2D eigenvalue weighted by atomic mass is 10.1. The molecule has 0 saturated heterocycles. The van der Waals surface area contributed by atoms with Gasteiger partial charge in [-0.05, 0) is 18.6 Å². The smallest absolute Gasteiger partial charge is 0.141 e. The van der Waals surface area contributed by atoms with Crippen LogP contribution >= 0.6 is 0 Å². The normalized spacial score (nSPS) is 13.0. The Balaban J connectivity index is 2.81. The molecule has 2 nitrogen and oxygen atoms in total. The molecule has 1 heterocycles. The maximum Gasteiger partial charge on any atom is 0.141 e. The minimum absolute atomic E-state index is 0.0735. The van der Waals surface area contributed by atoms with E-state index in [4.69, 9.17) is 5.73 Å². The molecule has 0 spiro atoms. The molecule has 1 aromatic rings. The van der Waals surface area contributed by atoms with Crippen molar-refractivity contribution in [1.82, 2.24) is 4.98 Å². The predicted octanol–water partition coefficient (Wildman–Crippen LogP) is 1.63. The van der Waals surface area contributed by atoms with Gasteiger partial charge in [-0.3, -0.25) is 4.98 Å². The molecule has 0 saturated carbocycles. The van der Waals surface area contributed by atoms with Crippen LogP contribution in [-0.2, 0) is 0 Å². The van der Waals surface area contributed by atoms with Gasteiger partial charge in [0, 0.05) is 6.04 Å². The number of hydrogen-bond acceptors (Lipinski definition) is 2. The van der Waals surface area contributed by atoms with Gasteiger partial charge in [-0.25, -0.2) is 4.39 Å². The molecule has 0 aliphatic heterocycles. The molecule has 0 radical (unpaired) electrons. The quantitative estimate of drug-likeness (QED) is 0.703. The second kappa shape index (κ2) is 3.44. The Morgan fingerprint density at radius 3 is 2.82 bits per heavy atom. The van der Waals surface area contributed by atoms with Crippen molar-refractivity contribution < 1.29 is 4.39 Å². The highest BCUT2D eigenvalue weighted by Gasteiger charge is 2.03. The fraction of sp³-hybridized carbons (Fsp3) is 0.375. The van der Waals surface area contributed by atoms with Crippen LogP contribution in [0.5, 0.6) is 0 Å². The van der Waals surface area contributed by atoms with Crippen molar-refractivity contribution in [3.63, 3.8) is 0 Å². The zero-order chi connectivity index (χ0) is 8.27. The highest BCUT2D eigenvalue weighted by Crippen LogP contribution is 2.09. The molecule has 0 amide bonds. The second-order valence-electron chi connectivity index (χ2n) is 2.42. The summed E-state index contributed by atoms with van der Waals surface area (Å²) in [5.41, 5.74) is 6.40. The van der Waals surface area contributed by atoms with Gasteiger partial charge < -0.3 is 5.73 Å². The average molecular weight is 154 g/mol. The largest absolute Gasteiger partial charge is 0.323 e. The Kier molecular flexibility index (Phi) is 2.54. The van der Waals surface area contributed by atoms with Gasteiger partial charge in [-0.2, -0.15) is 0 Å². The standard InChI is InChI=1S/C8H11FN2/c1-2-7(10)8-4-3-6(9)5-11-8/h3-5,7H,2,10H2,1H3/t7-/m1/s1. The van der Waals surface area contributed by atoms with Crippen LogP contribution in [0, 0.1) is 5.82 Å². The summed E-state index contributed by atoms with van der Waals surface area (Å²) in [7, 11) is 0. The SMILES string of the molecule is CC[C@@H](N)c1ccc(F)cn1. The van der Waals surface area contributed by atoms with Gasteiger partial charge in [0.25, 0.3) is 0 Å². The van der Waals surface area contributed by atoms with Crippen molar-refractivity contribution in [2.24, 2.45) is 5.73 Å². The van der Waals surface area contributed by atoms with E-state index in [1.54, 1.807) is 6.07 Å². The number of aromatic nitrogens is 1. The Bertz CT molecular complexity index is 220. The van der Waals surface area contributed by atoms with Crippen LogP contribution < -0.4 is 5.73 Å². The Morgan fingerprint density at radius 2 is 2.36 bits per heavy atom. The lowest BCUT2D eigenvalue weighted by Crippen LogP contribution is -2.10. The van der Waals surface area contributed by atoms with E-state index in [0.29, 0.717) is 0 Å². The number of nitrogens with two attached hydrogens (primary N) is 1. The summed E-state index contributed by atoms with van der Waals surface area (Å²) >= 11 is 0. The molecule has 60 valence electrons. The van der Waals surface area contributed by atoms with Crippen LogP contribution in [0.3, 0.4) is 0 Å². The Hall–Kier alpha value is -0.960. The number of rotatable bonds is 2. The molecule has 1 aromatic heterocycles. The zero-order valence-corrected chi connectivity index (χ0v) is 6.42. The van der Waals surface area contributed by atoms with E-state index in [2.05, 4.69) is 4.98 Å². The van der Waals surface area contributed by atoms with E-state index in [-0.39, 0.29) is 11.9 Å². The summed E-state index contributed by atoms with van der Waals surface area (Å²) in [6.07, 6.45) is 2.00. The van der Waals surface area contributed by atoms with Crippen molar-refractivity contribution in [2.45, 2.75) is 19.4 Å². The monoisotopic (exact) mass is 154 g/mol. The molecular weight excluding hydrogens is 143 g/mol. The van der Waals surface area contributed by atoms with Gasteiger partial charge in [0.05, 0.1) is 11.9 Å². The fourth-order valence-corrected chi connectivity index (χ4v) is 0.816. The van der Waals surface area contributed by atoms with E-state index in [0.717, 1.165) is 12.1 Å². The van der Waals surface area contributed by atoms with Gasteiger partial charge in [0.15, 0.2) is 0 Å². The van der Waals surface area contributed by atoms with Crippen LogP contribution in [0.4, 0.5) is 4.39 Å². The van der Waals surface area contributed by atoms with Gasteiger partial charge in [-0.15, -0.1) is 0 Å². The summed E-state index contributed by atoms with van der Waals surface area (Å²) < 4.78 is 12.4. The number of nitrogens with zero attached hydrogens (tertiary/aromatic N) is 1. The van der Waals surface area contributed by atoms with E-state index in [1.807, 2.05) is 6.92 Å². The first-order valence-electron chi connectivity index (χ1n) is 3.61. The minimum atomic E-state index is -0.322. The second-order valence-corrected chi connectivity index (χ2v) is 2.42. The molecule has 2 N–H and O–H groups in total. The average Bonchev–Trinajstić information content (AvgIpc) is 2.05. The fourth-order valence-electron chi connectivity index (χ4n) is 0.816. The van der Waals surface area contributed by atoms with Crippen LogP contribution in [0.15, 0.2) is 18.3 Å². The van der Waals surface area contributed by atoms with Crippen molar-refractivity contribution in [2.75, 3.05) is 0 Å². The highest BCUT2D eigenvalue weighted by atomic mass is 19.1. The lowest BCUT2D eigenvalue weighted by molar-refractivity contribution is 0.610. The molecule has 11 heavy (non-hydrogen) atoms. The molecule has 3 heteroatoms. The maximum atomic E-state index is 12.4. The molecule has 1 rings (SSSR count). The third kappa shape index (κ3) is 1.98. The molecule has 0 aliphatic rings. The van der Waals surface area contributed by atoms with E-state index >= 15 is 0 Å². The van der Waals surface area contributed by atoms with Crippen molar-refractivity contribution >= 4 is 0 Å². The van der Waals surface area contributed by atoms with Gasteiger partial charge in [0.1, 0.15) is 5.82 Å². The van der Waals surface area contributed by atoms with E-state index in [9.17, 15) is 4.39 Å². The van der Waals surface area contributed by atoms with Crippen LogP contribution in [0.2, 0.25) is 0 Å². The minimum Gasteiger partial charge on any atom is -0.323 e. The van der Waals surface area contributed by atoms with Crippen molar-refractivity contribution in [3.8, 4) is 0 Å². The first-order valence-corrected chi connectivity index (χ1v) is 3.61. The van der Waals surface area contributed by atoms with Gasteiger partial charge in [-0.1, -0.05) is 6.92 Å². The van der Waals surface area contributed by atoms with Gasteiger partial charge >= 0.3 is 0 Å². The molecule has 0 fully saturated rings. The lowest BCUT2D eigenvalue weighted by Gasteiger charge is -2.06. The summed E-state index contributed by atoms with van der Waals surface area (Å²) in [6, 6.07) is 2.91. The van der Waals surface area contributed by atoms with Crippen LogP contribution in [0.25, 0.3) is 0 Å². The van der Waals surface area contributed by atoms with Crippen LogP contribution in [-0.4, -0.2) is 4.98 Å². The Labute approximate surface area is 65.3 Å². The molecule has 0 bridgehead atoms. The molecular formula is C8H11FN2. The van der Waals surface area contributed by atoms with E-state index in [1.165, 1.54) is 12.3 Å².